The topological polar surface area (TPSA) is 56.7 Å². The molecule has 1 fully saturated rings. The molecule has 2 rings (SSSR count). The van der Waals surface area contributed by atoms with Gasteiger partial charge in [-0.05, 0) is 18.8 Å². The van der Waals surface area contributed by atoms with Crippen molar-refractivity contribution in [2.75, 3.05) is 0 Å². The Kier molecular flexibility index (Phi) is 3.36. The van der Waals surface area contributed by atoms with Gasteiger partial charge in [-0.2, -0.15) is 5.10 Å². The number of nitrogens with zero attached hydrogens (tertiary/aromatic N) is 3. The van der Waals surface area contributed by atoms with Crippen LogP contribution in [0.3, 0.4) is 0 Å². The van der Waals surface area contributed by atoms with Gasteiger partial charge in [0.15, 0.2) is 5.82 Å². The number of aromatic nitrogens is 3. The lowest BCUT2D eigenvalue weighted by molar-refractivity contribution is 0.216. The van der Waals surface area contributed by atoms with Gasteiger partial charge in [-0.3, -0.25) is 0 Å². The first-order chi connectivity index (χ1) is 7.35. The quantitative estimate of drug-likeness (QED) is 0.825. The van der Waals surface area contributed by atoms with Gasteiger partial charge in [0.2, 0.25) is 0 Å². The highest BCUT2D eigenvalue weighted by molar-refractivity contribution is 4.85. The minimum atomic E-state index is 0.441. The highest BCUT2D eigenvalue weighted by atomic mass is 15.3. The molecule has 0 radical (unpaired) electrons. The van der Waals surface area contributed by atoms with Crippen LogP contribution in [0.15, 0.2) is 6.33 Å². The van der Waals surface area contributed by atoms with Gasteiger partial charge in [0.25, 0.3) is 0 Å². The molecule has 0 aromatic carbocycles. The lowest BCUT2D eigenvalue weighted by atomic mass is 9.83. The third kappa shape index (κ3) is 2.20. The van der Waals surface area contributed by atoms with Gasteiger partial charge < -0.3 is 5.73 Å². The fraction of sp³-hybridized carbons (Fsp3) is 0.818. The summed E-state index contributed by atoms with van der Waals surface area (Å²) in [5, 5.41) is 4.43. The summed E-state index contributed by atoms with van der Waals surface area (Å²) in [6, 6.07) is 0.552. The summed E-state index contributed by atoms with van der Waals surface area (Å²) in [5.41, 5.74) is 5.52. The Morgan fingerprint density at radius 1 is 1.47 bits per heavy atom. The van der Waals surface area contributed by atoms with E-state index >= 15 is 0 Å². The van der Waals surface area contributed by atoms with Crippen LogP contribution in [0.2, 0.25) is 0 Å². The zero-order valence-corrected chi connectivity index (χ0v) is 9.39. The molecule has 1 aromatic heterocycles. The maximum atomic E-state index is 5.52. The predicted molar refractivity (Wildman–Crippen MR) is 59.2 cm³/mol. The minimum absolute atomic E-state index is 0.441. The molecule has 4 nitrogen and oxygen atoms in total. The van der Waals surface area contributed by atoms with E-state index in [0.29, 0.717) is 12.6 Å². The molecular weight excluding hydrogens is 188 g/mol. The lowest BCUT2D eigenvalue weighted by Crippen LogP contribution is -2.23. The molecular formula is C11H20N4. The van der Waals surface area contributed by atoms with Crippen LogP contribution in [0.5, 0.6) is 0 Å². The van der Waals surface area contributed by atoms with Crippen LogP contribution in [0.1, 0.15) is 50.9 Å². The second-order valence-corrected chi connectivity index (χ2v) is 4.37. The van der Waals surface area contributed by atoms with Crippen LogP contribution in [-0.4, -0.2) is 14.8 Å². The van der Waals surface area contributed by atoms with Gasteiger partial charge >= 0.3 is 0 Å². The van der Waals surface area contributed by atoms with Crippen molar-refractivity contribution in [2.45, 2.75) is 51.6 Å². The third-order valence-electron chi connectivity index (χ3n) is 3.47. The molecule has 15 heavy (non-hydrogen) atoms. The van der Waals surface area contributed by atoms with Crippen LogP contribution in [0.4, 0.5) is 0 Å². The monoisotopic (exact) mass is 208 g/mol. The Hall–Kier alpha value is -0.900. The van der Waals surface area contributed by atoms with Crippen LogP contribution < -0.4 is 5.73 Å². The Morgan fingerprint density at radius 2 is 2.27 bits per heavy atom. The molecule has 1 heterocycles. The highest BCUT2D eigenvalue weighted by Crippen LogP contribution is 2.35. The van der Waals surface area contributed by atoms with Gasteiger partial charge in [0.05, 0.1) is 12.6 Å². The van der Waals surface area contributed by atoms with Crippen molar-refractivity contribution in [1.82, 2.24) is 14.8 Å². The van der Waals surface area contributed by atoms with E-state index in [2.05, 4.69) is 17.0 Å². The van der Waals surface area contributed by atoms with Crippen molar-refractivity contribution in [2.24, 2.45) is 11.7 Å². The Labute approximate surface area is 90.9 Å². The molecule has 4 heteroatoms. The van der Waals surface area contributed by atoms with Crippen LogP contribution in [0.25, 0.3) is 0 Å². The minimum Gasteiger partial charge on any atom is -0.324 e. The van der Waals surface area contributed by atoms with Crippen LogP contribution in [-0.2, 0) is 6.54 Å². The second-order valence-electron chi connectivity index (χ2n) is 4.37. The first-order valence-electron chi connectivity index (χ1n) is 5.95. The van der Waals surface area contributed by atoms with Crippen molar-refractivity contribution >= 4 is 0 Å². The summed E-state index contributed by atoms with van der Waals surface area (Å²) < 4.78 is 2.04. The SMILES string of the molecule is CCC1CCCCC1n1cnc(CN)n1. The van der Waals surface area contributed by atoms with Gasteiger partial charge in [-0.25, -0.2) is 9.67 Å². The molecule has 0 aliphatic heterocycles. The Bertz CT molecular complexity index is 307. The fourth-order valence-electron chi connectivity index (χ4n) is 2.58. The van der Waals surface area contributed by atoms with Gasteiger partial charge in [-0.15, -0.1) is 0 Å². The van der Waals surface area contributed by atoms with Gasteiger partial charge in [-0.1, -0.05) is 26.2 Å². The molecule has 1 saturated carbocycles. The largest absolute Gasteiger partial charge is 0.324 e. The molecule has 0 bridgehead atoms. The zero-order valence-electron chi connectivity index (χ0n) is 9.39. The fourth-order valence-corrected chi connectivity index (χ4v) is 2.58. The number of hydrogen-bond acceptors (Lipinski definition) is 3. The summed E-state index contributed by atoms with van der Waals surface area (Å²) in [4.78, 5) is 4.21. The average Bonchev–Trinajstić information content (AvgIpc) is 2.77. The highest BCUT2D eigenvalue weighted by Gasteiger charge is 2.25. The first-order valence-corrected chi connectivity index (χ1v) is 5.95. The molecule has 1 aromatic rings. The molecule has 2 unspecified atom stereocenters. The molecule has 84 valence electrons. The summed E-state index contributed by atoms with van der Waals surface area (Å²) in [7, 11) is 0. The van der Waals surface area contributed by atoms with Crippen molar-refractivity contribution in [3.63, 3.8) is 0 Å². The van der Waals surface area contributed by atoms with Crippen molar-refractivity contribution in [3.05, 3.63) is 12.2 Å². The van der Waals surface area contributed by atoms with Crippen molar-refractivity contribution in [3.8, 4) is 0 Å². The predicted octanol–water partition coefficient (Wildman–Crippen LogP) is 1.88. The van der Waals surface area contributed by atoms with Crippen molar-refractivity contribution in [1.29, 1.82) is 0 Å². The Balaban J connectivity index is 2.12. The summed E-state index contributed by atoms with van der Waals surface area (Å²) in [6.07, 6.45) is 8.35. The molecule has 1 aliphatic rings. The lowest BCUT2D eigenvalue weighted by Gasteiger charge is -2.30. The maximum Gasteiger partial charge on any atom is 0.164 e. The van der Waals surface area contributed by atoms with E-state index in [1.807, 2.05) is 11.0 Å². The van der Waals surface area contributed by atoms with E-state index in [-0.39, 0.29) is 0 Å². The van der Waals surface area contributed by atoms with E-state index in [4.69, 9.17) is 5.73 Å². The molecule has 2 atom stereocenters. The summed E-state index contributed by atoms with van der Waals surface area (Å²) in [6.45, 7) is 2.71. The van der Waals surface area contributed by atoms with Gasteiger partial charge in [0, 0.05) is 0 Å². The van der Waals surface area contributed by atoms with Gasteiger partial charge in [0.1, 0.15) is 6.33 Å². The maximum absolute atomic E-state index is 5.52. The average molecular weight is 208 g/mol. The van der Waals surface area contributed by atoms with Crippen LogP contribution in [0, 0.1) is 5.92 Å². The summed E-state index contributed by atoms with van der Waals surface area (Å²) >= 11 is 0. The third-order valence-corrected chi connectivity index (χ3v) is 3.47. The first kappa shape index (κ1) is 10.6. The molecule has 1 aliphatic carbocycles. The molecule has 2 N–H and O–H groups in total. The molecule has 0 amide bonds. The number of rotatable bonds is 3. The number of hydrogen-bond donors (Lipinski definition) is 1. The van der Waals surface area contributed by atoms with E-state index in [0.717, 1.165) is 11.7 Å². The van der Waals surface area contributed by atoms with Crippen molar-refractivity contribution < 1.29 is 0 Å². The van der Waals surface area contributed by atoms with Crippen LogP contribution >= 0.6 is 0 Å². The zero-order chi connectivity index (χ0) is 10.7. The molecule has 0 spiro atoms. The molecule has 0 saturated heterocycles. The second kappa shape index (κ2) is 4.75. The normalized spacial score (nSPS) is 26.8. The van der Waals surface area contributed by atoms with E-state index in [1.165, 1.54) is 32.1 Å². The number of nitrogens with two attached hydrogens (primary N) is 1. The van der Waals surface area contributed by atoms with E-state index < -0.39 is 0 Å². The summed E-state index contributed by atoms with van der Waals surface area (Å²) in [5.74, 6) is 1.53. The van der Waals surface area contributed by atoms with E-state index in [9.17, 15) is 0 Å². The van der Waals surface area contributed by atoms with E-state index in [1.54, 1.807) is 0 Å². The Morgan fingerprint density at radius 3 is 2.93 bits per heavy atom. The standard InChI is InChI=1S/C11H20N4/c1-2-9-5-3-4-6-10(9)15-8-13-11(7-12)14-15/h8-10H,2-7,12H2,1H3. The smallest absolute Gasteiger partial charge is 0.164 e.